The summed E-state index contributed by atoms with van der Waals surface area (Å²) in [6, 6.07) is 0. The van der Waals surface area contributed by atoms with E-state index >= 15 is 0 Å². The molecule has 2 N–H and O–H groups in total. The molecule has 4 fully saturated rings. The number of carboxylic acid groups (broad SMARTS) is 1. The van der Waals surface area contributed by atoms with Crippen molar-refractivity contribution >= 4 is 17.9 Å². The number of hydrogen-bond donors (Lipinski definition) is 2. The van der Waals surface area contributed by atoms with Gasteiger partial charge in [0.15, 0.2) is 6.10 Å². The highest BCUT2D eigenvalue weighted by Gasteiger charge is 2.63. The molecule has 11 atom stereocenters. The van der Waals surface area contributed by atoms with Crippen LogP contribution >= 0.6 is 0 Å². The Morgan fingerprint density at radius 1 is 1.00 bits per heavy atom. The van der Waals surface area contributed by atoms with E-state index in [-0.39, 0.29) is 47.8 Å². The normalized spacial score (nSPS) is 40.0. The Hall–Kier alpha value is -1.67. The lowest BCUT2D eigenvalue weighted by Crippen LogP contribution is -2.59. The van der Waals surface area contributed by atoms with Crippen LogP contribution in [0.15, 0.2) is 0 Å². The number of aliphatic hydroxyl groups is 1. The van der Waals surface area contributed by atoms with Gasteiger partial charge in [-0.05, 0) is 104 Å². The number of quaternary nitrogens is 1. The van der Waals surface area contributed by atoms with Crippen LogP contribution in [0.2, 0.25) is 0 Å². The third-order valence-electron chi connectivity index (χ3n) is 12.1. The molecule has 4 rings (SSSR count). The summed E-state index contributed by atoms with van der Waals surface area (Å²) in [5, 5.41) is 21.0. The molecular formula is C33H56NO7+. The van der Waals surface area contributed by atoms with Crippen molar-refractivity contribution in [1.29, 1.82) is 0 Å². The molecule has 234 valence electrons. The summed E-state index contributed by atoms with van der Waals surface area (Å²) in [6.45, 7) is 8.85. The van der Waals surface area contributed by atoms with Gasteiger partial charge in [0.05, 0.1) is 33.7 Å². The monoisotopic (exact) mass is 578 g/mol. The van der Waals surface area contributed by atoms with Crippen molar-refractivity contribution < 1.29 is 38.6 Å². The van der Waals surface area contributed by atoms with E-state index in [2.05, 4.69) is 20.8 Å². The maximum atomic E-state index is 12.9. The first-order chi connectivity index (χ1) is 19.0. The molecule has 0 heterocycles. The molecule has 0 aromatic carbocycles. The minimum Gasteiger partial charge on any atom is -0.481 e. The van der Waals surface area contributed by atoms with Gasteiger partial charge in [-0.3, -0.25) is 14.4 Å². The van der Waals surface area contributed by atoms with Crippen LogP contribution in [-0.2, 0) is 23.9 Å². The van der Waals surface area contributed by atoms with Gasteiger partial charge in [0.1, 0.15) is 12.6 Å². The molecule has 0 radical (unpaired) electrons. The number of rotatable bonds is 10. The van der Waals surface area contributed by atoms with Crippen molar-refractivity contribution in [3.8, 4) is 0 Å². The Bertz CT molecular complexity index is 977. The third-order valence-corrected chi connectivity index (χ3v) is 12.1. The standard InChI is InChI=1S/C33H55NO7/c1-20(8-13-30(37)38)26-11-12-27-25-10-9-22-16-23(14-15-32(22,3)28(25)18-29(36)33(26,27)4)41-31(39)17-24(40-21(2)35)19-34(5,6)7/h20,22-29,36H,8-19H2,1-7H3/p+1/t20-,22-,23-,24-,25+,26-,27+,28+,29+,32+,33-/m1/s1. The summed E-state index contributed by atoms with van der Waals surface area (Å²) >= 11 is 0. The summed E-state index contributed by atoms with van der Waals surface area (Å²) in [7, 11) is 6.03. The largest absolute Gasteiger partial charge is 0.481 e. The quantitative estimate of drug-likeness (QED) is 0.276. The first-order valence-electron chi connectivity index (χ1n) is 16.1. The molecule has 0 unspecified atom stereocenters. The summed E-state index contributed by atoms with van der Waals surface area (Å²) in [6.07, 6.45) is 8.03. The number of hydrogen-bond acceptors (Lipinski definition) is 6. The van der Waals surface area contributed by atoms with Gasteiger partial charge < -0.3 is 24.2 Å². The molecule has 0 spiro atoms. The van der Waals surface area contributed by atoms with Crippen molar-refractivity contribution in [3.05, 3.63) is 0 Å². The maximum absolute atomic E-state index is 12.9. The zero-order valence-electron chi connectivity index (χ0n) is 26.6. The molecule has 4 aliphatic rings. The predicted molar refractivity (Wildman–Crippen MR) is 156 cm³/mol. The Labute approximate surface area is 247 Å². The molecule has 8 nitrogen and oxygen atoms in total. The number of aliphatic hydroxyl groups excluding tert-OH is 1. The van der Waals surface area contributed by atoms with Crippen LogP contribution in [0.4, 0.5) is 0 Å². The lowest BCUT2D eigenvalue weighted by molar-refractivity contribution is -0.873. The molecule has 0 bridgehead atoms. The summed E-state index contributed by atoms with van der Waals surface area (Å²) in [5.41, 5.74) is -0.00952. The second-order valence-electron chi connectivity index (χ2n) is 15.7. The van der Waals surface area contributed by atoms with Gasteiger partial charge in [-0.15, -0.1) is 0 Å². The van der Waals surface area contributed by atoms with Crippen LogP contribution in [0.25, 0.3) is 0 Å². The number of nitrogens with zero attached hydrogens (tertiary/aromatic N) is 1. The lowest BCUT2D eigenvalue weighted by atomic mass is 9.43. The molecule has 0 aromatic rings. The number of carboxylic acids is 1. The number of likely N-dealkylation sites (N-methyl/N-ethyl adjacent to an activating group) is 1. The Balaban J connectivity index is 1.39. The molecule has 0 amide bonds. The molecule has 4 saturated carbocycles. The van der Waals surface area contributed by atoms with Crippen LogP contribution < -0.4 is 0 Å². The van der Waals surface area contributed by atoms with Crippen LogP contribution in [0.1, 0.15) is 98.3 Å². The molecule has 41 heavy (non-hydrogen) atoms. The van der Waals surface area contributed by atoms with Crippen molar-refractivity contribution in [2.24, 2.45) is 46.3 Å². The van der Waals surface area contributed by atoms with Gasteiger partial charge in [0.25, 0.3) is 0 Å². The minimum absolute atomic E-state index is 0.0801. The molecule has 0 aromatic heterocycles. The zero-order chi connectivity index (χ0) is 30.3. The number of carbonyl (C=O) groups excluding carboxylic acids is 2. The van der Waals surface area contributed by atoms with Crippen LogP contribution in [0.3, 0.4) is 0 Å². The average Bonchev–Trinajstić information content (AvgIpc) is 3.20. The SMILES string of the molecule is CC(=O)O[C@H](CC(=O)O[C@@H]1CC[C@@]2(C)[C@H](CC[C@@H]3[C@@H]2C[C@H](O)[C@]2(C)[C@@H]([C@H](C)CCC(=O)O)CC[C@@H]32)C1)C[N+](C)(C)C. The van der Waals surface area contributed by atoms with E-state index in [1.807, 2.05) is 21.1 Å². The van der Waals surface area contributed by atoms with Gasteiger partial charge in [-0.1, -0.05) is 20.8 Å². The molecular weight excluding hydrogens is 522 g/mol. The zero-order valence-corrected chi connectivity index (χ0v) is 26.6. The highest BCUT2D eigenvalue weighted by molar-refractivity contribution is 5.71. The van der Waals surface area contributed by atoms with Crippen molar-refractivity contribution in [1.82, 2.24) is 0 Å². The number of esters is 2. The fourth-order valence-electron chi connectivity index (χ4n) is 10.2. The van der Waals surface area contributed by atoms with Crippen LogP contribution in [0.5, 0.6) is 0 Å². The van der Waals surface area contributed by atoms with E-state index in [1.54, 1.807) is 0 Å². The average molecular weight is 579 g/mol. The van der Waals surface area contributed by atoms with Gasteiger partial charge in [0.2, 0.25) is 0 Å². The van der Waals surface area contributed by atoms with E-state index in [1.165, 1.54) is 6.92 Å². The second-order valence-corrected chi connectivity index (χ2v) is 15.7. The third kappa shape index (κ3) is 6.79. The smallest absolute Gasteiger partial charge is 0.310 e. The molecule has 8 heteroatoms. The number of ether oxygens (including phenoxy) is 2. The fourth-order valence-corrected chi connectivity index (χ4v) is 10.2. The number of fused-ring (bicyclic) bond motifs is 5. The predicted octanol–water partition coefficient (Wildman–Crippen LogP) is 5.06. The Kier molecular flexibility index (Phi) is 9.55. The summed E-state index contributed by atoms with van der Waals surface area (Å²) < 4.78 is 12.0. The second kappa shape index (κ2) is 12.1. The minimum atomic E-state index is -0.735. The van der Waals surface area contributed by atoms with E-state index in [0.717, 1.165) is 51.4 Å². The van der Waals surface area contributed by atoms with E-state index in [0.29, 0.717) is 53.0 Å². The van der Waals surface area contributed by atoms with Gasteiger partial charge in [-0.2, -0.15) is 0 Å². The van der Waals surface area contributed by atoms with Gasteiger partial charge in [-0.25, -0.2) is 0 Å². The Morgan fingerprint density at radius 3 is 2.34 bits per heavy atom. The highest BCUT2D eigenvalue weighted by Crippen LogP contribution is 2.68. The van der Waals surface area contributed by atoms with Crippen LogP contribution in [-0.4, -0.2) is 78.6 Å². The van der Waals surface area contributed by atoms with Crippen molar-refractivity contribution in [2.45, 2.75) is 117 Å². The van der Waals surface area contributed by atoms with E-state index < -0.39 is 12.1 Å². The molecule has 4 aliphatic carbocycles. The number of carbonyl (C=O) groups is 3. The highest BCUT2D eigenvalue weighted by atomic mass is 16.6. The fraction of sp³-hybridized carbons (Fsp3) is 0.909. The summed E-state index contributed by atoms with van der Waals surface area (Å²) in [5.74, 6) is 1.29. The Morgan fingerprint density at radius 2 is 1.71 bits per heavy atom. The van der Waals surface area contributed by atoms with Gasteiger partial charge >= 0.3 is 17.9 Å². The van der Waals surface area contributed by atoms with Crippen molar-refractivity contribution in [3.63, 3.8) is 0 Å². The maximum Gasteiger partial charge on any atom is 0.310 e. The summed E-state index contributed by atoms with van der Waals surface area (Å²) in [4.78, 5) is 35.8. The first-order valence-corrected chi connectivity index (χ1v) is 16.1. The van der Waals surface area contributed by atoms with E-state index in [9.17, 15) is 24.6 Å². The van der Waals surface area contributed by atoms with Crippen molar-refractivity contribution in [2.75, 3.05) is 27.7 Å². The lowest BCUT2D eigenvalue weighted by Gasteiger charge is -2.62. The first kappa shape index (κ1) is 32.2. The van der Waals surface area contributed by atoms with Gasteiger partial charge in [0, 0.05) is 13.3 Å². The molecule has 0 aliphatic heterocycles. The van der Waals surface area contributed by atoms with E-state index in [4.69, 9.17) is 9.47 Å². The molecule has 0 saturated heterocycles. The van der Waals surface area contributed by atoms with Crippen LogP contribution in [0, 0.1) is 46.3 Å². The number of aliphatic carboxylic acids is 1. The topological polar surface area (TPSA) is 110 Å².